The van der Waals surface area contributed by atoms with Crippen LogP contribution in [0.5, 0.6) is 0 Å². The maximum absolute atomic E-state index is 11.1. The molecular formula is C14H20N2O2. The zero-order valence-corrected chi connectivity index (χ0v) is 11.0. The molecule has 1 aliphatic heterocycles. The third-order valence-electron chi connectivity index (χ3n) is 3.47. The van der Waals surface area contributed by atoms with Crippen LogP contribution < -0.4 is 0 Å². The van der Waals surface area contributed by atoms with Crippen LogP contribution in [0.4, 0.5) is 0 Å². The number of carbonyl (C=O) groups is 1. The van der Waals surface area contributed by atoms with Gasteiger partial charge >= 0.3 is 5.97 Å². The summed E-state index contributed by atoms with van der Waals surface area (Å²) in [5.41, 5.74) is 2.17. The van der Waals surface area contributed by atoms with Crippen LogP contribution >= 0.6 is 0 Å². The lowest BCUT2D eigenvalue weighted by atomic mass is 10.1. The molecule has 1 unspecified atom stereocenters. The molecule has 0 amide bonds. The lowest BCUT2D eigenvalue weighted by molar-refractivity contribution is -0.142. The van der Waals surface area contributed by atoms with E-state index < -0.39 is 5.97 Å². The molecule has 1 atom stereocenters. The number of carboxylic acid groups (broad SMARTS) is 1. The van der Waals surface area contributed by atoms with Crippen molar-refractivity contribution in [3.8, 4) is 0 Å². The highest BCUT2D eigenvalue weighted by Gasteiger charge is 2.30. The third-order valence-corrected chi connectivity index (χ3v) is 3.47. The Morgan fingerprint density at radius 1 is 1.56 bits per heavy atom. The molecule has 0 radical (unpaired) electrons. The molecule has 1 N–H and O–H groups in total. The molecule has 1 saturated heterocycles. The van der Waals surface area contributed by atoms with E-state index in [1.165, 1.54) is 0 Å². The minimum absolute atomic E-state index is 0.324. The average Bonchev–Trinajstić information content (AvgIpc) is 2.78. The van der Waals surface area contributed by atoms with Gasteiger partial charge in [-0.25, -0.2) is 0 Å². The molecular weight excluding hydrogens is 228 g/mol. The Balaban J connectivity index is 2.03. The Morgan fingerprint density at radius 3 is 2.89 bits per heavy atom. The molecule has 1 aromatic rings. The Hall–Kier alpha value is -1.42. The first kappa shape index (κ1) is 13.0. The Kier molecular flexibility index (Phi) is 3.97. The van der Waals surface area contributed by atoms with E-state index in [1.54, 1.807) is 0 Å². The largest absolute Gasteiger partial charge is 0.480 e. The number of hydrogen-bond donors (Lipinski definition) is 1. The van der Waals surface area contributed by atoms with E-state index in [-0.39, 0.29) is 6.04 Å². The summed E-state index contributed by atoms with van der Waals surface area (Å²) < 4.78 is 0. The molecule has 0 bridgehead atoms. The van der Waals surface area contributed by atoms with Crippen molar-refractivity contribution in [3.05, 3.63) is 29.6 Å². The molecule has 98 valence electrons. The predicted octanol–water partition coefficient (Wildman–Crippen LogP) is 2.25. The van der Waals surface area contributed by atoms with Crippen molar-refractivity contribution in [3.63, 3.8) is 0 Å². The molecule has 2 rings (SSSR count). The summed E-state index contributed by atoms with van der Waals surface area (Å²) in [6.45, 7) is 5.77. The van der Waals surface area contributed by atoms with Gasteiger partial charge in [-0.15, -0.1) is 0 Å². The van der Waals surface area contributed by atoms with E-state index in [4.69, 9.17) is 5.11 Å². The van der Waals surface area contributed by atoms with Crippen molar-refractivity contribution in [2.24, 2.45) is 0 Å². The van der Waals surface area contributed by atoms with E-state index in [0.29, 0.717) is 12.5 Å². The van der Waals surface area contributed by atoms with Crippen LogP contribution in [0, 0.1) is 0 Å². The number of aromatic nitrogens is 1. The number of likely N-dealkylation sites (tertiary alicyclic amines) is 1. The van der Waals surface area contributed by atoms with Gasteiger partial charge in [-0.05, 0) is 36.9 Å². The fraction of sp³-hybridized carbons (Fsp3) is 0.571. The van der Waals surface area contributed by atoms with E-state index in [9.17, 15) is 4.79 Å². The van der Waals surface area contributed by atoms with Crippen LogP contribution in [0.1, 0.15) is 43.9 Å². The van der Waals surface area contributed by atoms with Crippen molar-refractivity contribution in [2.75, 3.05) is 6.54 Å². The standard InChI is InChI=1S/C14H20N2O2/c1-10(2)12-6-5-11(8-15-12)9-16-7-3-4-13(16)14(17)18/h5-6,8,10,13H,3-4,7,9H2,1-2H3,(H,17,18). The van der Waals surface area contributed by atoms with Crippen molar-refractivity contribution in [2.45, 2.75) is 45.2 Å². The van der Waals surface area contributed by atoms with Crippen LogP contribution in [0.3, 0.4) is 0 Å². The minimum Gasteiger partial charge on any atom is -0.480 e. The molecule has 4 heteroatoms. The molecule has 0 aromatic carbocycles. The van der Waals surface area contributed by atoms with Gasteiger partial charge in [-0.2, -0.15) is 0 Å². The minimum atomic E-state index is -0.709. The summed E-state index contributed by atoms with van der Waals surface area (Å²) in [7, 11) is 0. The lowest BCUT2D eigenvalue weighted by Gasteiger charge is -2.20. The molecule has 1 fully saturated rings. The van der Waals surface area contributed by atoms with Crippen LogP contribution in [0.2, 0.25) is 0 Å². The number of carboxylic acids is 1. The highest BCUT2D eigenvalue weighted by atomic mass is 16.4. The number of aliphatic carboxylic acids is 1. The van der Waals surface area contributed by atoms with Gasteiger partial charge < -0.3 is 5.11 Å². The van der Waals surface area contributed by atoms with Crippen molar-refractivity contribution >= 4 is 5.97 Å². The van der Waals surface area contributed by atoms with Crippen LogP contribution in [0.15, 0.2) is 18.3 Å². The zero-order valence-electron chi connectivity index (χ0n) is 11.0. The fourth-order valence-electron chi connectivity index (χ4n) is 2.40. The first-order chi connectivity index (χ1) is 8.58. The Bertz CT molecular complexity index is 414. The van der Waals surface area contributed by atoms with Crippen LogP contribution in [-0.2, 0) is 11.3 Å². The molecule has 0 spiro atoms. The Labute approximate surface area is 108 Å². The second-order valence-electron chi connectivity index (χ2n) is 5.21. The highest BCUT2D eigenvalue weighted by molar-refractivity contribution is 5.73. The quantitative estimate of drug-likeness (QED) is 0.888. The summed E-state index contributed by atoms with van der Waals surface area (Å²) in [6.07, 6.45) is 3.59. The maximum Gasteiger partial charge on any atom is 0.320 e. The molecule has 0 aliphatic carbocycles. The van der Waals surface area contributed by atoms with Gasteiger partial charge in [-0.1, -0.05) is 19.9 Å². The van der Waals surface area contributed by atoms with Gasteiger partial charge in [-0.3, -0.25) is 14.7 Å². The molecule has 1 aromatic heterocycles. The van der Waals surface area contributed by atoms with Gasteiger partial charge in [0.25, 0.3) is 0 Å². The van der Waals surface area contributed by atoms with Gasteiger partial charge in [0, 0.05) is 18.4 Å². The third kappa shape index (κ3) is 2.88. The van der Waals surface area contributed by atoms with E-state index >= 15 is 0 Å². The molecule has 0 saturated carbocycles. The second kappa shape index (κ2) is 5.48. The molecule has 4 nitrogen and oxygen atoms in total. The van der Waals surface area contributed by atoms with Gasteiger partial charge in [0.1, 0.15) is 6.04 Å². The summed E-state index contributed by atoms with van der Waals surface area (Å²) >= 11 is 0. The smallest absolute Gasteiger partial charge is 0.320 e. The fourth-order valence-corrected chi connectivity index (χ4v) is 2.40. The molecule has 18 heavy (non-hydrogen) atoms. The lowest BCUT2D eigenvalue weighted by Crippen LogP contribution is -2.35. The zero-order chi connectivity index (χ0) is 13.1. The van der Waals surface area contributed by atoms with Crippen molar-refractivity contribution in [1.82, 2.24) is 9.88 Å². The summed E-state index contributed by atoms with van der Waals surface area (Å²) in [6, 6.07) is 3.76. The number of pyridine rings is 1. The number of nitrogens with zero attached hydrogens (tertiary/aromatic N) is 2. The maximum atomic E-state index is 11.1. The van der Waals surface area contributed by atoms with Gasteiger partial charge in [0.05, 0.1) is 0 Å². The summed E-state index contributed by atoms with van der Waals surface area (Å²) in [5.74, 6) is -0.281. The molecule has 2 heterocycles. The number of rotatable bonds is 4. The van der Waals surface area contributed by atoms with Crippen LogP contribution in [-0.4, -0.2) is 33.5 Å². The van der Waals surface area contributed by atoms with Crippen LogP contribution in [0.25, 0.3) is 0 Å². The SMILES string of the molecule is CC(C)c1ccc(CN2CCCC2C(=O)O)cn1. The molecule has 1 aliphatic rings. The summed E-state index contributed by atoms with van der Waals surface area (Å²) in [5, 5.41) is 9.12. The van der Waals surface area contributed by atoms with E-state index in [1.807, 2.05) is 17.2 Å². The van der Waals surface area contributed by atoms with Crippen molar-refractivity contribution < 1.29 is 9.90 Å². The summed E-state index contributed by atoms with van der Waals surface area (Å²) in [4.78, 5) is 17.5. The monoisotopic (exact) mass is 248 g/mol. The average molecular weight is 248 g/mol. The highest BCUT2D eigenvalue weighted by Crippen LogP contribution is 2.20. The van der Waals surface area contributed by atoms with Gasteiger partial charge in [0.2, 0.25) is 0 Å². The van der Waals surface area contributed by atoms with Gasteiger partial charge in [0.15, 0.2) is 0 Å². The normalized spacial score (nSPS) is 20.5. The van der Waals surface area contributed by atoms with E-state index in [0.717, 1.165) is 30.6 Å². The predicted molar refractivity (Wildman–Crippen MR) is 69.4 cm³/mol. The van der Waals surface area contributed by atoms with Crippen molar-refractivity contribution in [1.29, 1.82) is 0 Å². The topological polar surface area (TPSA) is 53.4 Å². The van der Waals surface area contributed by atoms with E-state index in [2.05, 4.69) is 24.9 Å². The first-order valence-electron chi connectivity index (χ1n) is 6.49. The number of hydrogen-bond acceptors (Lipinski definition) is 3. The Morgan fingerprint density at radius 2 is 2.33 bits per heavy atom. The second-order valence-corrected chi connectivity index (χ2v) is 5.21. The first-order valence-corrected chi connectivity index (χ1v) is 6.49.